The number of unbranched alkanes of at least 4 members (excludes halogenated alkanes) is 2. The van der Waals surface area contributed by atoms with Gasteiger partial charge in [-0.1, -0.05) is 6.08 Å². The van der Waals surface area contributed by atoms with Crippen LogP contribution in [0.4, 0.5) is 4.39 Å². The molecule has 1 heterocycles. The number of ether oxygens (including phenoxy) is 1. The molecule has 0 aromatic rings. The average Bonchev–Trinajstić information content (AvgIpc) is 2.67. The smallest absolute Gasteiger partial charge is 0.249 e. The number of nitrogens with one attached hydrogen (secondary N) is 1. The number of halogens is 1. The molecule has 0 saturated carbocycles. The Hall–Kier alpha value is -0.860. The van der Waals surface area contributed by atoms with Crippen LogP contribution in [0.5, 0.6) is 0 Å². The van der Waals surface area contributed by atoms with E-state index in [-0.39, 0.29) is 11.9 Å². The number of hydrogen-bond donors (Lipinski definition) is 2. The molecule has 0 aromatic heterocycles. The highest BCUT2D eigenvalue weighted by molar-refractivity contribution is 7.70. The molecule has 5 nitrogen and oxygen atoms in total. The summed E-state index contributed by atoms with van der Waals surface area (Å²) in [5.41, 5.74) is 1.24. The third-order valence-corrected chi connectivity index (χ3v) is 5.38. The first-order valence-electron chi connectivity index (χ1n) is 9.55. The van der Waals surface area contributed by atoms with Crippen LogP contribution in [0.3, 0.4) is 0 Å². The lowest BCUT2D eigenvalue weighted by Crippen LogP contribution is -2.35. The molecule has 0 amide bonds. The van der Waals surface area contributed by atoms with Crippen molar-refractivity contribution in [2.45, 2.75) is 38.2 Å². The zero-order valence-electron chi connectivity index (χ0n) is 15.7. The number of hydrogen-bond acceptors (Lipinski definition) is 5. The van der Waals surface area contributed by atoms with Crippen LogP contribution in [0.25, 0.3) is 0 Å². The molecular weight excluding hydrogens is 353 g/mol. The molecule has 2 aliphatic rings. The summed E-state index contributed by atoms with van der Waals surface area (Å²) in [5.74, 6) is -0.163. The summed E-state index contributed by atoms with van der Waals surface area (Å²) in [6.45, 7) is 5.45. The van der Waals surface area contributed by atoms with Gasteiger partial charge in [0.25, 0.3) is 0 Å². The van der Waals surface area contributed by atoms with Gasteiger partial charge in [-0.15, -0.1) is 0 Å². The summed E-state index contributed by atoms with van der Waals surface area (Å²) in [6, 6.07) is 0. The highest BCUT2D eigenvalue weighted by atomic mass is 32.2. The first-order valence-corrected chi connectivity index (χ1v) is 10.4. The van der Waals surface area contributed by atoms with E-state index in [0.717, 1.165) is 65.0 Å². The van der Waals surface area contributed by atoms with Crippen molar-refractivity contribution in [2.24, 2.45) is 0 Å². The normalized spacial score (nSPS) is 20.2. The van der Waals surface area contributed by atoms with Gasteiger partial charge in [-0.25, -0.2) is 4.39 Å². The maximum absolute atomic E-state index is 12.9. The Morgan fingerprint density at radius 3 is 2.85 bits per heavy atom. The minimum atomic E-state index is -0.163. The van der Waals surface area contributed by atoms with E-state index in [1.807, 2.05) is 4.31 Å². The van der Waals surface area contributed by atoms with Crippen LogP contribution < -0.4 is 5.32 Å². The van der Waals surface area contributed by atoms with E-state index in [2.05, 4.69) is 23.3 Å². The third-order valence-electron chi connectivity index (χ3n) is 4.70. The largest absolute Gasteiger partial charge is 0.374 e. The maximum atomic E-state index is 12.9. The Morgan fingerprint density at radius 1 is 1.27 bits per heavy atom. The van der Waals surface area contributed by atoms with Crippen LogP contribution in [0.1, 0.15) is 32.1 Å². The fraction of sp³-hybridized carbons (Fsp3) is 0.684. The van der Waals surface area contributed by atoms with E-state index in [1.165, 1.54) is 11.8 Å². The monoisotopic (exact) mass is 386 g/mol. The molecule has 0 bridgehead atoms. The Labute approximate surface area is 161 Å². The molecule has 2 N–H and O–H groups in total. The van der Waals surface area contributed by atoms with Crippen LogP contribution in [-0.2, 0) is 17.0 Å². The van der Waals surface area contributed by atoms with E-state index < -0.39 is 0 Å². The van der Waals surface area contributed by atoms with Crippen molar-refractivity contribution in [1.29, 1.82) is 0 Å². The van der Waals surface area contributed by atoms with Gasteiger partial charge >= 0.3 is 0 Å². The van der Waals surface area contributed by atoms with Crippen molar-refractivity contribution in [1.82, 2.24) is 14.5 Å². The molecule has 2 rings (SSSR count). The Kier molecular flexibility index (Phi) is 10.3. The van der Waals surface area contributed by atoms with Crippen molar-refractivity contribution < 1.29 is 13.7 Å². The van der Waals surface area contributed by atoms with E-state index in [0.29, 0.717) is 18.6 Å². The molecule has 1 aliphatic carbocycles. The van der Waals surface area contributed by atoms with Gasteiger partial charge in [-0.2, -0.15) is 8.86 Å². The van der Waals surface area contributed by atoms with Gasteiger partial charge in [0.05, 0.1) is 18.3 Å². The zero-order valence-corrected chi connectivity index (χ0v) is 16.6. The lowest BCUT2D eigenvalue weighted by atomic mass is 10.1. The highest BCUT2D eigenvalue weighted by Crippen LogP contribution is 2.14. The van der Waals surface area contributed by atoms with Crippen LogP contribution in [0, 0.1) is 0 Å². The van der Waals surface area contributed by atoms with E-state index in [1.54, 1.807) is 12.2 Å². The average molecular weight is 387 g/mol. The van der Waals surface area contributed by atoms with Gasteiger partial charge in [-0.3, -0.25) is 0 Å². The van der Waals surface area contributed by atoms with Gasteiger partial charge < -0.3 is 15.0 Å². The standard InChI is InChI=1S/C19H32FN3O2S/c1-22(14-15-23(26-24)18-9-11-21-12-10-18)13-3-2-4-16-25-19-7-5-17(20)6-8-19/h5-7,9,19,21,24H,2-4,8,10-16H2,1H3/p+1. The summed E-state index contributed by atoms with van der Waals surface area (Å²) >= 11 is 0.335. The van der Waals surface area contributed by atoms with Crippen molar-refractivity contribution in [3.05, 3.63) is 35.8 Å². The minimum Gasteiger partial charge on any atom is -0.374 e. The minimum absolute atomic E-state index is 0.0325. The first kappa shape index (κ1) is 21.4. The van der Waals surface area contributed by atoms with E-state index >= 15 is 0 Å². The number of nitrogens with zero attached hydrogens (tertiary/aromatic N) is 2. The molecule has 7 heteroatoms. The maximum Gasteiger partial charge on any atom is 0.249 e. The zero-order chi connectivity index (χ0) is 18.6. The number of thiol groups is 1. The van der Waals surface area contributed by atoms with E-state index in [9.17, 15) is 8.94 Å². The number of allylic oxidation sites excluding steroid dienone is 2. The first-order chi connectivity index (χ1) is 12.7. The van der Waals surface area contributed by atoms with Crippen LogP contribution in [-0.4, -0.2) is 66.2 Å². The van der Waals surface area contributed by atoms with Crippen molar-refractivity contribution >= 4 is 12.2 Å². The Bertz CT molecular complexity index is 499. The second-order valence-corrected chi connectivity index (χ2v) is 7.48. The second kappa shape index (κ2) is 12.5. The highest BCUT2D eigenvalue weighted by Gasteiger charge is 2.18. The van der Waals surface area contributed by atoms with Gasteiger partial charge in [0.1, 0.15) is 5.83 Å². The molecule has 26 heavy (non-hydrogen) atoms. The summed E-state index contributed by atoms with van der Waals surface area (Å²) in [4.78, 5) is 2.32. The predicted octanol–water partition coefficient (Wildman–Crippen LogP) is 2.67. The summed E-state index contributed by atoms with van der Waals surface area (Å²) in [7, 11) is 2.13. The quantitative estimate of drug-likeness (QED) is 0.307. The van der Waals surface area contributed by atoms with Crippen molar-refractivity contribution in [2.75, 3.05) is 46.4 Å². The summed E-state index contributed by atoms with van der Waals surface area (Å²) < 4.78 is 30.2. The van der Waals surface area contributed by atoms with Crippen molar-refractivity contribution in [3.8, 4) is 0 Å². The van der Waals surface area contributed by atoms with Crippen LogP contribution >= 0.6 is 0 Å². The molecule has 0 spiro atoms. The fourth-order valence-electron chi connectivity index (χ4n) is 3.06. The van der Waals surface area contributed by atoms with Gasteiger partial charge in [-0.05, 0) is 57.5 Å². The number of rotatable bonds is 12. The lowest BCUT2D eigenvalue weighted by Gasteiger charge is -2.23. The summed E-state index contributed by atoms with van der Waals surface area (Å²) in [5, 5.41) is 3.29. The molecule has 0 saturated heterocycles. The SMILES string of the molecule is CN(CCCCCOC1C=CC(F)=CC1)CCN([SH+]O)C1=CCNCC1. The molecule has 1 atom stereocenters. The van der Waals surface area contributed by atoms with Gasteiger partial charge in [0.2, 0.25) is 12.2 Å². The van der Waals surface area contributed by atoms with Gasteiger partial charge in [0.15, 0.2) is 0 Å². The molecule has 1 unspecified atom stereocenters. The third kappa shape index (κ3) is 8.22. The lowest BCUT2D eigenvalue weighted by molar-refractivity contribution is 0.0821. The molecule has 0 aromatic carbocycles. The van der Waals surface area contributed by atoms with E-state index in [4.69, 9.17) is 4.74 Å². The number of likely N-dealkylation sites (N-methyl/N-ethyl adjacent to an activating group) is 1. The summed E-state index contributed by atoms with van der Waals surface area (Å²) in [6.07, 6.45) is 12.0. The molecule has 0 fully saturated rings. The van der Waals surface area contributed by atoms with Crippen LogP contribution in [0.2, 0.25) is 0 Å². The fourth-order valence-corrected chi connectivity index (χ4v) is 3.54. The topological polar surface area (TPSA) is 48.0 Å². The predicted molar refractivity (Wildman–Crippen MR) is 108 cm³/mol. The molecular formula is C19H33FN3O2S+. The molecule has 148 valence electrons. The van der Waals surface area contributed by atoms with Gasteiger partial charge in [0, 0.05) is 32.7 Å². The Morgan fingerprint density at radius 2 is 2.15 bits per heavy atom. The molecule has 0 radical (unpaired) electrons. The molecule has 1 aliphatic heterocycles. The van der Waals surface area contributed by atoms with Crippen molar-refractivity contribution in [3.63, 3.8) is 0 Å². The van der Waals surface area contributed by atoms with Crippen LogP contribution in [0.15, 0.2) is 35.8 Å². The second-order valence-electron chi connectivity index (χ2n) is 6.82. The Balaban J connectivity index is 1.49.